The van der Waals surface area contributed by atoms with Crippen LogP contribution in [0.2, 0.25) is 0 Å². The van der Waals surface area contributed by atoms with Crippen LogP contribution in [-0.2, 0) is 13.0 Å². The number of aryl methyl sites for hydroxylation is 1. The van der Waals surface area contributed by atoms with Gasteiger partial charge in [0.15, 0.2) is 5.78 Å². The van der Waals surface area contributed by atoms with Gasteiger partial charge in [-0.05, 0) is 68.3 Å². The second-order valence-corrected chi connectivity index (χ2v) is 7.54. The molecular formula is C21H25NO2S. The Kier molecular flexibility index (Phi) is 6.05. The Hall–Kier alpha value is -1.91. The van der Waals surface area contributed by atoms with Gasteiger partial charge in [-0.2, -0.15) is 0 Å². The summed E-state index contributed by atoms with van der Waals surface area (Å²) in [5, 5.41) is 0. The molecule has 1 saturated heterocycles. The molecule has 0 N–H and O–H groups in total. The van der Waals surface area contributed by atoms with Crippen molar-refractivity contribution < 1.29 is 9.53 Å². The summed E-state index contributed by atoms with van der Waals surface area (Å²) in [5.41, 5.74) is 2.22. The standard InChI is InChI=1S/C21H25NO2S/c1-3-18-8-11-21(25-18)19(23)9-6-16-7-10-20(24-2)17(14-16)15-22-12-4-5-13-22/h6-11,14H,3-5,12-13,15H2,1-2H3/b9-6+. The summed E-state index contributed by atoms with van der Waals surface area (Å²) in [7, 11) is 1.71. The Morgan fingerprint density at radius 3 is 2.72 bits per heavy atom. The maximum absolute atomic E-state index is 12.3. The SMILES string of the molecule is CCc1ccc(C(=O)/C=C/c2ccc(OC)c(CN3CCCC3)c2)s1. The number of hydrogen-bond acceptors (Lipinski definition) is 4. The van der Waals surface area contributed by atoms with E-state index in [-0.39, 0.29) is 5.78 Å². The molecule has 1 aromatic heterocycles. The minimum atomic E-state index is 0.0709. The van der Waals surface area contributed by atoms with Gasteiger partial charge >= 0.3 is 0 Å². The molecule has 0 saturated carbocycles. The Bertz CT molecular complexity index is 757. The molecule has 0 radical (unpaired) electrons. The van der Waals surface area contributed by atoms with Crippen molar-refractivity contribution >= 4 is 23.2 Å². The number of rotatable bonds is 7. The normalized spacial score (nSPS) is 15.1. The zero-order chi connectivity index (χ0) is 17.6. The molecule has 3 nitrogen and oxygen atoms in total. The van der Waals surface area contributed by atoms with Crippen molar-refractivity contribution in [3.8, 4) is 5.75 Å². The summed E-state index contributed by atoms with van der Waals surface area (Å²) >= 11 is 1.58. The zero-order valence-electron chi connectivity index (χ0n) is 15.0. The summed E-state index contributed by atoms with van der Waals surface area (Å²) < 4.78 is 5.50. The highest BCUT2D eigenvalue weighted by atomic mass is 32.1. The first-order valence-corrected chi connectivity index (χ1v) is 9.71. The van der Waals surface area contributed by atoms with Gasteiger partial charge in [-0.25, -0.2) is 0 Å². The summed E-state index contributed by atoms with van der Waals surface area (Å²) in [6, 6.07) is 10.1. The molecule has 0 atom stereocenters. The molecule has 1 aromatic carbocycles. The largest absolute Gasteiger partial charge is 0.496 e. The number of nitrogens with zero attached hydrogens (tertiary/aromatic N) is 1. The van der Waals surface area contributed by atoms with Crippen LogP contribution in [0.5, 0.6) is 5.75 Å². The van der Waals surface area contributed by atoms with Gasteiger partial charge in [0.25, 0.3) is 0 Å². The first-order valence-electron chi connectivity index (χ1n) is 8.90. The lowest BCUT2D eigenvalue weighted by Crippen LogP contribution is -2.18. The third-order valence-electron chi connectivity index (χ3n) is 4.58. The molecule has 3 rings (SSSR count). The van der Waals surface area contributed by atoms with E-state index < -0.39 is 0 Å². The van der Waals surface area contributed by atoms with E-state index in [1.807, 2.05) is 30.3 Å². The lowest BCUT2D eigenvalue weighted by molar-refractivity contribution is 0.105. The highest BCUT2D eigenvalue weighted by Gasteiger charge is 2.14. The molecule has 1 fully saturated rings. The van der Waals surface area contributed by atoms with Crippen LogP contribution in [0, 0.1) is 0 Å². The maximum atomic E-state index is 12.3. The van der Waals surface area contributed by atoms with E-state index >= 15 is 0 Å². The number of allylic oxidation sites excluding steroid dienone is 1. The smallest absolute Gasteiger partial charge is 0.195 e. The van der Waals surface area contributed by atoms with Crippen LogP contribution in [0.15, 0.2) is 36.4 Å². The topological polar surface area (TPSA) is 29.5 Å². The molecule has 0 unspecified atom stereocenters. The van der Waals surface area contributed by atoms with Crippen molar-refractivity contribution in [1.82, 2.24) is 4.90 Å². The maximum Gasteiger partial charge on any atom is 0.195 e. The monoisotopic (exact) mass is 355 g/mol. The first-order chi connectivity index (χ1) is 12.2. The zero-order valence-corrected chi connectivity index (χ0v) is 15.8. The van der Waals surface area contributed by atoms with Crippen molar-refractivity contribution in [2.24, 2.45) is 0 Å². The summed E-state index contributed by atoms with van der Waals surface area (Å²) in [5.74, 6) is 0.989. The first kappa shape index (κ1) is 17.9. The number of carbonyl (C=O) groups is 1. The minimum absolute atomic E-state index is 0.0709. The van der Waals surface area contributed by atoms with E-state index in [0.717, 1.165) is 42.2 Å². The van der Waals surface area contributed by atoms with Crippen LogP contribution in [0.25, 0.3) is 6.08 Å². The summed E-state index contributed by atoms with van der Waals surface area (Å²) in [6.45, 7) is 5.32. The molecule has 4 heteroatoms. The highest BCUT2D eigenvalue weighted by molar-refractivity contribution is 7.14. The number of benzene rings is 1. The Morgan fingerprint density at radius 1 is 1.24 bits per heavy atom. The van der Waals surface area contributed by atoms with E-state index in [9.17, 15) is 4.79 Å². The number of methoxy groups -OCH3 is 1. The fourth-order valence-electron chi connectivity index (χ4n) is 3.16. The van der Waals surface area contributed by atoms with Gasteiger partial charge in [0.2, 0.25) is 0 Å². The van der Waals surface area contributed by atoms with Crippen LogP contribution in [0.1, 0.15) is 45.4 Å². The van der Waals surface area contributed by atoms with E-state index in [0.29, 0.717) is 0 Å². The van der Waals surface area contributed by atoms with Crippen molar-refractivity contribution in [3.05, 3.63) is 57.3 Å². The summed E-state index contributed by atoms with van der Waals surface area (Å²) in [6.07, 6.45) is 7.10. The van der Waals surface area contributed by atoms with Crippen LogP contribution < -0.4 is 4.74 Å². The number of carbonyl (C=O) groups excluding carboxylic acids is 1. The number of thiophene rings is 1. The van der Waals surface area contributed by atoms with Gasteiger partial charge in [-0.3, -0.25) is 9.69 Å². The lowest BCUT2D eigenvalue weighted by atomic mass is 10.1. The average molecular weight is 356 g/mol. The minimum Gasteiger partial charge on any atom is -0.496 e. The fourth-order valence-corrected chi connectivity index (χ4v) is 4.03. The van der Waals surface area contributed by atoms with E-state index in [2.05, 4.69) is 17.9 Å². The van der Waals surface area contributed by atoms with Gasteiger partial charge in [-0.15, -0.1) is 11.3 Å². The van der Waals surface area contributed by atoms with E-state index in [4.69, 9.17) is 4.74 Å². The van der Waals surface area contributed by atoms with Gasteiger partial charge in [0, 0.05) is 17.0 Å². The van der Waals surface area contributed by atoms with Crippen molar-refractivity contribution in [3.63, 3.8) is 0 Å². The van der Waals surface area contributed by atoms with Gasteiger partial charge in [0.1, 0.15) is 5.75 Å². The van der Waals surface area contributed by atoms with Crippen LogP contribution in [0.3, 0.4) is 0 Å². The number of hydrogen-bond donors (Lipinski definition) is 0. The molecule has 2 heterocycles. The number of ketones is 1. The Balaban J connectivity index is 1.73. The van der Waals surface area contributed by atoms with Crippen LogP contribution in [0.4, 0.5) is 0 Å². The number of ether oxygens (including phenoxy) is 1. The molecule has 0 bridgehead atoms. The predicted molar refractivity (Wildman–Crippen MR) is 105 cm³/mol. The van der Waals surface area contributed by atoms with Crippen LogP contribution in [-0.4, -0.2) is 30.9 Å². The third-order valence-corrected chi connectivity index (χ3v) is 5.82. The highest BCUT2D eigenvalue weighted by Crippen LogP contribution is 2.24. The molecule has 0 spiro atoms. The Labute approximate surface area is 153 Å². The van der Waals surface area contributed by atoms with Gasteiger partial charge in [-0.1, -0.05) is 19.1 Å². The number of likely N-dealkylation sites (tertiary alicyclic amines) is 1. The fraction of sp³-hybridized carbons (Fsp3) is 0.381. The second kappa shape index (κ2) is 8.45. The van der Waals surface area contributed by atoms with E-state index in [1.54, 1.807) is 24.5 Å². The molecule has 0 amide bonds. The molecule has 25 heavy (non-hydrogen) atoms. The average Bonchev–Trinajstić information content (AvgIpc) is 3.31. The van der Waals surface area contributed by atoms with Gasteiger partial charge < -0.3 is 4.74 Å². The molecular weight excluding hydrogens is 330 g/mol. The quantitative estimate of drug-likeness (QED) is 0.527. The molecule has 0 aliphatic carbocycles. The lowest BCUT2D eigenvalue weighted by Gasteiger charge is -2.17. The second-order valence-electron chi connectivity index (χ2n) is 6.37. The van der Waals surface area contributed by atoms with Crippen molar-refractivity contribution in [2.45, 2.75) is 32.7 Å². The van der Waals surface area contributed by atoms with Crippen molar-refractivity contribution in [2.75, 3.05) is 20.2 Å². The van der Waals surface area contributed by atoms with E-state index in [1.165, 1.54) is 23.3 Å². The predicted octanol–water partition coefficient (Wildman–Crippen LogP) is 4.81. The molecule has 1 aliphatic rings. The van der Waals surface area contributed by atoms with Crippen LogP contribution >= 0.6 is 11.3 Å². The van der Waals surface area contributed by atoms with Crippen molar-refractivity contribution in [1.29, 1.82) is 0 Å². The Morgan fingerprint density at radius 2 is 2.04 bits per heavy atom. The molecule has 2 aromatic rings. The molecule has 1 aliphatic heterocycles. The van der Waals surface area contributed by atoms with Gasteiger partial charge in [0.05, 0.1) is 12.0 Å². The molecule has 132 valence electrons. The third kappa shape index (κ3) is 4.59. The summed E-state index contributed by atoms with van der Waals surface area (Å²) in [4.78, 5) is 16.8.